The summed E-state index contributed by atoms with van der Waals surface area (Å²) in [7, 11) is 0. The lowest BCUT2D eigenvalue weighted by Gasteiger charge is -2.31. The standard InChI is InChI=1S/C14H19BrN2O.ClH/c1-2-10-5-7-17(8-6-10)14(18)12-4-3-11(15)9-13(12)16;/h3-4,9-10H,2,5-8,16H2,1H3;1H. The predicted molar refractivity (Wildman–Crippen MR) is 84.7 cm³/mol. The molecule has 2 rings (SSSR count). The third-order valence-electron chi connectivity index (χ3n) is 3.72. The van der Waals surface area contributed by atoms with Crippen LogP contribution in [0.3, 0.4) is 0 Å². The summed E-state index contributed by atoms with van der Waals surface area (Å²) in [5.74, 6) is 0.839. The zero-order chi connectivity index (χ0) is 13.1. The van der Waals surface area contributed by atoms with Crippen molar-refractivity contribution in [3.63, 3.8) is 0 Å². The van der Waals surface area contributed by atoms with E-state index in [4.69, 9.17) is 5.73 Å². The van der Waals surface area contributed by atoms with Crippen LogP contribution in [0.4, 0.5) is 5.69 Å². The van der Waals surface area contributed by atoms with Crippen LogP contribution in [0.5, 0.6) is 0 Å². The molecule has 1 aromatic carbocycles. The van der Waals surface area contributed by atoms with Crippen LogP contribution in [-0.2, 0) is 0 Å². The van der Waals surface area contributed by atoms with Crippen LogP contribution in [0.2, 0.25) is 0 Å². The van der Waals surface area contributed by atoms with Crippen LogP contribution in [0, 0.1) is 5.92 Å². The molecule has 1 heterocycles. The molecular formula is C14H20BrClN2O. The Hall–Kier alpha value is -0.740. The van der Waals surface area contributed by atoms with E-state index in [9.17, 15) is 4.79 Å². The molecule has 19 heavy (non-hydrogen) atoms. The Bertz CT molecular complexity index is 445. The van der Waals surface area contributed by atoms with Crippen LogP contribution in [-0.4, -0.2) is 23.9 Å². The molecule has 0 spiro atoms. The lowest BCUT2D eigenvalue weighted by molar-refractivity contribution is 0.0690. The molecule has 1 aliphatic heterocycles. The second kappa shape index (κ2) is 7.15. The SMILES string of the molecule is CCC1CCN(C(=O)c2ccc(Br)cc2N)CC1.Cl. The number of benzene rings is 1. The van der Waals surface area contributed by atoms with E-state index >= 15 is 0 Å². The minimum Gasteiger partial charge on any atom is -0.398 e. The molecule has 0 bridgehead atoms. The lowest BCUT2D eigenvalue weighted by Crippen LogP contribution is -2.38. The predicted octanol–water partition coefficient (Wildman–Crippen LogP) is 3.72. The molecule has 0 saturated carbocycles. The zero-order valence-corrected chi connectivity index (χ0v) is 13.5. The number of nitrogen functional groups attached to an aromatic ring is 1. The van der Waals surface area contributed by atoms with E-state index in [0.717, 1.165) is 36.3 Å². The summed E-state index contributed by atoms with van der Waals surface area (Å²) in [5, 5.41) is 0. The normalized spacial score (nSPS) is 16.0. The van der Waals surface area contributed by atoms with E-state index < -0.39 is 0 Å². The molecule has 0 aliphatic carbocycles. The van der Waals surface area contributed by atoms with Crippen LogP contribution in [0.25, 0.3) is 0 Å². The molecule has 0 aromatic heterocycles. The topological polar surface area (TPSA) is 46.3 Å². The van der Waals surface area contributed by atoms with Crippen molar-refractivity contribution >= 4 is 39.9 Å². The van der Waals surface area contributed by atoms with E-state index in [1.54, 1.807) is 12.1 Å². The Kier molecular flexibility index (Phi) is 6.14. The maximum Gasteiger partial charge on any atom is 0.255 e. The van der Waals surface area contributed by atoms with Crippen molar-refractivity contribution in [3.8, 4) is 0 Å². The van der Waals surface area contributed by atoms with Gasteiger partial charge in [-0.15, -0.1) is 12.4 Å². The fraction of sp³-hybridized carbons (Fsp3) is 0.500. The number of rotatable bonds is 2. The fourth-order valence-electron chi connectivity index (χ4n) is 2.44. The number of amides is 1. The number of nitrogens with zero attached hydrogens (tertiary/aromatic N) is 1. The van der Waals surface area contributed by atoms with Gasteiger partial charge in [0.15, 0.2) is 0 Å². The number of anilines is 1. The number of nitrogens with two attached hydrogens (primary N) is 1. The first-order valence-corrected chi connectivity index (χ1v) is 7.25. The molecule has 2 N–H and O–H groups in total. The van der Waals surface area contributed by atoms with Gasteiger partial charge < -0.3 is 10.6 Å². The lowest BCUT2D eigenvalue weighted by atomic mass is 9.94. The molecule has 3 nitrogen and oxygen atoms in total. The van der Waals surface area contributed by atoms with Gasteiger partial charge in [0.2, 0.25) is 0 Å². The van der Waals surface area contributed by atoms with Crippen molar-refractivity contribution in [2.24, 2.45) is 5.92 Å². The Morgan fingerprint density at radius 3 is 2.58 bits per heavy atom. The number of hydrogen-bond donors (Lipinski definition) is 1. The number of likely N-dealkylation sites (tertiary alicyclic amines) is 1. The van der Waals surface area contributed by atoms with E-state index in [0.29, 0.717) is 11.3 Å². The number of hydrogen-bond acceptors (Lipinski definition) is 2. The van der Waals surface area contributed by atoms with Crippen LogP contribution < -0.4 is 5.73 Å². The Labute approximate surface area is 129 Å². The first-order chi connectivity index (χ1) is 8.61. The number of piperidine rings is 1. The van der Waals surface area contributed by atoms with Gasteiger partial charge in [-0.05, 0) is 37.0 Å². The van der Waals surface area contributed by atoms with Gasteiger partial charge in [0.1, 0.15) is 0 Å². The van der Waals surface area contributed by atoms with E-state index in [-0.39, 0.29) is 18.3 Å². The summed E-state index contributed by atoms with van der Waals surface area (Å²) in [6.45, 7) is 3.93. The highest BCUT2D eigenvalue weighted by molar-refractivity contribution is 9.10. The van der Waals surface area contributed by atoms with Crippen LogP contribution in [0.1, 0.15) is 36.5 Å². The molecule has 106 valence electrons. The minimum absolute atomic E-state index is 0. The van der Waals surface area contributed by atoms with Crippen molar-refractivity contribution in [1.29, 1.82) is 0 Å². The first-order valence-electron chi connectivity index (χ1n) is 6.46. The Balaban J connectivity index is 0.00000180. The van der Waals surface area contributed by atoms with E-state index in [1.165, 1.54) is 6.42 Å². The van der Waals surface area contributed by atoms with E-state index in [1.807, 2.05) is 11.0 Å². The van der Waals surface area contributed by atoms with Crippen LogP contribution >= 0.6 is 28.3 Å². The molecule has 1 fully saturated rings. The molecule has 1 saturated heterocycles. The molecule has 1 aliphatic rings. The third kappa shape index (κ3) is 3.86. The van der Waals surface area contributed by atoms with Crippen molar-refractivity contribution in [2.45, 2.75) is 26.2 Å². The molecule has 1 amide bonds. The van der Waals surface area contributed by atoms with Crippen molar-refractivity contribution < 1.29 is 4.79 Å². The summed E-state index contributed by atoms with van der Waals surface area (Å²) >= 11 is 3.35. The van der Waals surface area contributed by atoms with Gasteiger partial charge in [-0.2, -0.15) is 0 Å². The van der Waals surface area contributed by atoms with Gasteiger partial charge in [0.05, 0.1) is 5.56 Å². The van der Waals surface area contributed by atoms with Crippen molar-refractivity contribution in [1.82, 2.24) is 4.90 Å². The quantitative estimate of drug-likeness (QED) is 0.829. The molecule has 0 radical (unpaired) electrons. The summed E-state index contributed by atoms with van der Waals surface area (Å²) in [6, 6.07) is 5.45. The van der Waals surface area contributed by atoms with Crippen LogP contribution in [0.15, 0.2) is 22.7 Å². The zero-order valence-electron chi connectivity index (χ0n) is 11.1. The molecule has 0 atom stereocenters. The second-order valence-electron chi connectivity index (χ2n) is 4.88. The fourth-order valence-corrected chi connectivity index (χ4v) is 2.82. The van der Waals surface area contributed by atoms with Gasteiger partial charge in [0, 0.05) is 23.2 Å². The molecule has 0 unspecified atom stereocenters. The summed E-state index contributed by atoms with van der Waals surface area (Å²) < 4.78 is 0.904. The van der Waals surface area contributed by atoms with Gasteiger partial charge in [-0.1, -0.05) is 29.3 Å². The van der Waals surface area contributed by atoms with Gasteiger partial charge in [-0.3, -0.25) is 4.79 Å². The Morgan fingerprint density at radius 1 is 1.42 bits per heavy atom. The van der Waals surface area contributed by atoms with Gasteiger partial charge >= 0.3 is 0 Å². The maximum absolute atomic E-state index is 12.4. The second-order valence-corrected chi connectivity index (χ2v) is 5.79. The number of halogens is 2. The van der Waals surface area contributed by atoms with E-state index in [2.05, 4.69) is 22.9 Å². The van der Waals surface area contributed by atoms with Gasteiger partial charge in [0.25, 0.3) is 5.91 Å². The Morgan fingerprint density at radius 2 is 2.05 bits per heavy atom. The summed E-state index contributed by atoms with van der Waals surface area (Å²) in [6.07, 6.45) is 3.43. The monoisotopic (exact) mass is 346 g/mol. The average Bonchev–Trinajstić information content (AvgIpc) is 2.38. The summed E-state index contributed by atoms with van der Waals surface area (Å²) in [5.41, 5.74) is 7.07. The number of carbonyl (C=O) groups excluding carboxylic acids is 1. The first kappa shape index (κ1) is 16.3. The summed E-state index contributed by atoms with van der Waals surface area (Å²) in [4.78, 5) is 14.3. The molecule has 1 aromatic rings. The highest BCUT2D eigenvalue weighted by atomic mass is 79.9. The molecule has 5 heteroatoms. The average molecular weight is 348 g/mol. The van der Waals surface area contributed by atoms with Gasteiger partial charge in [-0.25, -0.2) is 0 Å². The highest BCUT2D eigenvalue weighted by Crippen LogP contribution is 2.24. The third-order valence-corrected chi connectivity index (χ3v) is 4.22. The minimum atomic E-state index is 0. The largest absolute Gasteiger partial charge is 0.398 e. The smallest absolute Gasteiger partial charge is 0.255 e. The van der Waals surface area contributed by atoms with Crippen molar-refractivity contribution in [2.75, 3.05) is 18.8 Å². The maximum atomic E-state index is 12.4. The molecular weight excluding hydrogens is 328 g/mol. The highest BCUT2D eigenvalue weighted by Gasteiger charge is 2.23. The number of carbonyl (C=O) groups is 1. The van der Waals surface area contributed by atoms with Crippen molar-refractivity contribution in [3.05, 3.63) is 28.2 Å².